The third-order valence-electron chi connectivity index (χ3n) is 10.1. The van der Waals surface area contributed by atoms with Gasteiger partial charge in [-0.05, 0) is 94.9 Å². The van der Waals surface area contributed by atoms with Crippen LogP contribution in [-0.4, -0.2) is 21.0 Å². The van der Waals surface area contributed by atoms with Crippen LogP contribution in [0.1, 0.15) is 52.7 Å². The summed E-state index contributed by atoms with van der Waals surface area (Å²) in [5, 5.41) is 2.35. The molecule has 7 aromatic rings. The van der Waals surface area contributed by atoms with E-state index in [4.69, 9.17) is 9.72 Å². The smallest absolute Gasteiger partial charge is 0.315 e. The first-order valence-electron chi connectivity index (χ1n) is 17.7. The molecular formula is C44H40BN5O. The molecule has 0 N–H and O–H groups in total. The van der Waals surface area contributed by atoms with Crippen molar-refractivity contribution in [2.75, 3.05) is 4.81 Å². The number of anilines is 1. The highest BCUT2D eigenvalue weighted by Crippen LogP contribution is 2.37. The highest BCUT2D eigenvalue weighted by atomic mass is 16.5. The van der Waals surface area contributed by atoms with Crippen LogP contribution in [-0.2, 0) is 10.8 Å². The Kier molecular flexibility index (Phi) is 6.94. The fourth-order valence-corrected chi connectivity index (χ4v) is 7.38. The second kappa shape index (κ2) is 11.4. The molecule has 250 valence electrons. The standard InChI is InChI=1S/C44H40BN5O/c1-43(2,3)30-19-21-46-42(25-30)50-37-14-8-7-13-35(37)36-18-17-33(27-40(36)50)51-34-24-31(44(4,5)6)23-32(26-34)47-28-41-45-20-11-12-22-49(45)39-16-10-9-15-38(39)48(41)29-47/h7-28H,1-6H3. The van der Waals surface area contributed by atoms with Crippen LogP contribution >= 0.6 is 0 Å². The molecule has 5 heterocycles. The highest BCUT2D eigenvalue weighted by molar-refractivity contribution is 6.80. The summed E-state index contributed by atoms with van der Waals surface area (Å²) < 4.78 is 13.4. The first-order chi connectivity index (χ1) is 24.5. The number of rotatable bonds is 4. The molecule has 0 fully saturated rings. The number of fused-ring (bicyclic) bond motifs is 9. The number of benzene rings is 4. The summed E-state index contributed by atoms with van der Waals surface area (Å²) in [7, 11) is 0. The number of nitrogens with zero attached hydrogens (tertiary/aromatic N) is 5. The predicted octanol–water partition coefficient (Wildman–Crippen LogP) is 9.07. The minimum atomic E-state index is -0.103. The summed E-state index contributed by atoms with van der Waals surface area (Å²) in [5.74, 6) is 4.69. The fourth-order valence-electron chi connectivity index (χ4n) is 7.38. The van der Waals surface area contributed by atoms with E-state index in [-0.39, 0.29) is 17.7 Å². The van der Waals surface area contributed by atoms with Crippen molar-refractivity contribution in [2.24, 2.45) is 0 Å². The molecule has 3 aromatic heterocycles. The maximum Gasteiger partial charge on any atom is 0.315 e. The van der Waals surface area contributed by atoms with E-state index in [1.54, 1.807) is 0 Å². The average molecular weight is 666 g/mol. The van der Waals surface area contributed by atoms with Gasteiger partial charge in [-0.2, -0.15) is 0 Å². The molecule has 4 aromatic carbocycles. The number of hydrogen-bond acceptors (Lipinski definition) is 3. The first-order valence-corrected chi connectivity index (χ1v) is 17.7. The maximum atomic E-state index is 6.80. The van der Waals surface area contributed by atoms with Crippen molar-refractivity contribution in [3.8, 4) is 28.7 Å². The molecule has 2 aliphatic heterocycles. The Morgan fingerprint density at radius 1 is 0.725 bits per heavy atom. The summed E-state index contributed by atoms with van der Waals surface area (Å²) >= 11 is 0. The first kappa shape index (κ1) is 31.2. The van der Waals surface area contributed by atoms with E-state index in [0.717, 1.165) is 56.4 Å². The zero-order valence-corrected chi connectivity index (χ0v) is 29.9. The van der Waals surface area contributed by atoms with Crippen LogP contribution in [0.2, 0.25) is 0 Å². The monoisotopic (exact) mass is 665 g/mol. The fraction of sp³-hybridized carbons (Fsp3) is 0.182. The molecule has 6 nitrogen and oxygen atoms in total. The minimum Gasteiger partial charge on any atom is -0.458 e. The molecule has 0 saturated carbocycles. The lowest BCUT2D eigenvalue weighted by Crippen LogP contribution is -2.63. The molecule has 7 heteroatoms. The van der Waals surface area contributed by atoms with Gasteiger partial charge in [0.1, 0.15) is 17.3 Å². The van der Waals surface area contributed by atoms with Crippen molar-refractivity contribution >= 4 is 39.9 Å². The van der Waals surface area contributed by atoms with Crippen molar-refractivity contribution in [2.45, 2.75) is 52.4 Å². The van der Waals surface area contributed by atoms with Crippen molar-refractivity contribution in [1.82, 2.24) is 14.1 Å². The predicted molar refractivity (Wildman–Crippen MR) is 208 cm³/mol. The Morgan fingerprint density at radius 3 is 2.35 bits per heavy atom. The number of hydrogen-bond donors (Lipinski definition) is 0. The molecule has 0 unspecified atom stereocenters. The molecule has 0 aliphatic carbocycles. The molecule has 0 bridgehead atoms. The summed E-state index contributed by atoms with van der Waals surface area (Å²) in [4.78, 5) is 7.19. The number of imidazole rings is 1. The molecule has 0 amide bonds. The Hall–Kier alpha value is -5.82. The van der Waals surface area contributed by atoms with Gasteiger partial charge in [-0.3, -0.25) is 13.7 Å². The normalized spacial score (nSPS) is 13.8. The van der Waals surface area contributed by atoms with Crippen LogP contribution in [0.15, 0.2) is 134 Å². The molecular weight excluding hydrogens is 625 g/mol. The number of pyridine rings is 1. The van der Waals surface area contributed by atoms with Gasteiger partial charge in [0.15, 0.2) is 0 Å². The van der Waals surface area contributed by atoms with Crippen molar-refractivity contribution < 1.29 is 9.30 Å². The maximum absolute atomic E-state index is 6.80. The summed E-state index contributed by atoms with van der Waals surface area (Å²) in [6.07, 6.45) is 14.2. The van der Waals surface area contributed by atoms with E-state index < -0.39 is 0 Å². The van der Waals surface area contributed by atoms with Gasteiger partial charge >= 0.3 is 6.85 Å². The van der Waals surface area contributed by atoms with Crippen LogP contribution in [0.5, 0.6) is 11.5 Å². The number of allylic oxidation sites excluding steroid dienone is 2. The van der Waals surface area contributed by atoms with Gasteiger partial charge in [0.2, 0.25) is 0 Å². The zero-order valence-electron chi connectivity index (χ0n) is 29.9. The van der Waals surface area contributed by atoms with Crippen LogP contribution < -0.4 is 19.7 Å². The Labute approximate surface area is 299 Å². The van der Waals surface area contributed by atoms with E-state index in [2.05, 4.69) is 194 Å². The van der Waals surface area contributed by atoms with E-state index in [1.165, 1.54) is 16.5 Å². The Balaban J connectivity index is 1.16. The van der Waals surface area contributed by atoms with Crippen LogP contribution in [0.3, 0.4) is 0 Å². The van der Waals surface area contributed by atoms with E-state index in [0.29, 0.717) is 0 Å². The van der Waals surface area contributed by atoms with Gasteiger partial charge < -0.3 is 9.55 Å². The van der Waals surface area contributed by atoms with Gasteiger partial charge in [0.05, 0.1) is 22.4 Å². The van der Waals surface area contributed by atoms with Gasteiger partial charge in [0, 0.05) is 40.5 Å². The van der Waals surface area contributed by atoms with Gasteiger partial charge in [-0.25, -0.2) is 4.98 Å². The lowest BCUT2D eigenvalue weighted by molar-refractivity contribution is -0.581. The minimum absolute atomic E-state index is 0.00233. The van der Waals surface area contributed by atoms with Crippen molar-refractivity contribution in [1.29, 1.82) is 0 Å². The Morgan fingerprint density at radius 2 is 1.51 bits per heavy atom. The third-order valence-corrected chi connectivity index (χ3v) is 10.1. The van der Waals surface area contributed by atoms with Crippen LogP contribution in [0, 0.1) is 6.33 Å². The van der Waals surface area contributed by atoms with E-state index >= 15 is 0 Å². The third kappa shape index (κ3) is 5.27. The largest absolute Gasteiger partial charge is 0.458 e. The number of para-hydroxylation sites is 3. The molecule has 9 rings (SSSR count). The van der Waals surface area contributed by atoms with Gasteiger partial charge in [0.25, 0.3) is 6.33 Å². The summed E-state index contributed by atoms with van der Waals surface area (Å²) in [5.41, 5.74) is 8.92. The lowest BCUT2D eigenvalue weighted by atomic mass is 9.55. The molecule has 0 saturated heterocycles. The van der Waals surface area contributed by atoms with Gasteiger partial charge in [-0.1, -0.05) is 83.9 Å². The van der Waals surface area contributed by atoms with E-state index in [9.17, 15) is 0 Å². The lowest BCUT2D eigenvalue weighted by Gasteiger charge is -2.35. The SMILES string of the molecule is CC(C)(C)c1cc(Oc2ccc3c4ccccc4n(-c4cc(C(C)(C)C)ccn4)c3c2)cc(-n2[c-][n+]3c(c2)B2C=CC=CN2c2ccccc2-3)c1. The second-order valence-electron chi connectivity index (χ2n) is 15.7. The topological polar surface area (TPSA) is 39.1 Å². The van der Waals surface area contributed by atoms with E-state index in [1.807, 2.05) is 6.20 Å². The second-order valence-corrected chi connectivity index (χ2v) is 15.7. The van der Waals surface area contributed by atoms with Crippen LogP contribution in [0.25, 0.3) is 39.0 Å². The summed E-state index contributed by atoms with van der Waals surface area (Å²) in [6.45, 7) is 13.5. The Bertz CT molecular complexity index is 2560. The summed E-state index contributed by atoms with van der Waals surface area (Å²) in [6, 6.07) is 34.3. The van der Waals surface area contributed by atoms with Crippen molar-refractivity contribution in [3.63, 3.8) is 0 Å². The molecule has 0 atom stereocenters. The number of aromatic nitrogens is 4. The molecule has 2 aliphatic rings. The van der Waals surface area contributed by atoms with Crippen molar-refractivity contribution in [3.05, 3.63) is 151 Å². The average Bonchev–Trinajstić information content (AvgIpc) is 3.72. The quantitative estimate of drug-likeness (QED) is 0.107. The zero-order chi connectivity index (χ0) is 35.1. The molecule has 51 heavy (non-hydrogen) atoms. The van der Waals surface area contributed by atoms with Crippen LogP contribution in [0.4, 0.5) is 5.69 Å². The number of ether oxygens (including phenoxy) is 1. The van der Waals surface area contributed by atoms with Gasteiger partial charge in [-0.15, -0.1) is 0 Å². The molecule has 0 spiro atoms. The molecule has 0 radical (unpaired) electrons. The highest BCUT2D eigenvalue weighted by Gasteiger charge is 2.34.